The van der Waals surface area contributed by atoms with Crippen molar-refractivity contribution in [2.75, 3.05) is 26.2 Å². The summed E-state index contributed by atoms with van der Waals surface area (Å²) in [5, 5.41) is 14.4. The second kappa shape index (κ2) is 7.03. The van der Waals surface area contributed by atoms with E-state index in [1.54, 1.807) is 6.20 Å². The van der Waals surface area contributed by atoms with E-state index in [0.29, 0.717) is 0 Å². The molecule has 0 saturated carbocycles. The van der Waals surface area contributed by atoms with E-state index in [9.17, 15) is 5.11 Å². The van der Waals surface area contributed by atoms with Gasteiger partial charge in [-0.05, 0) is 31.9 Å². The number of aryl methyl sites for hydroxylation is 2. The van der Waals surface area contributed by atoms with Crippen molar-refractivity contribution in [3.05, 3.63) is 18.0 Å². The third-order valence-corrected chi connectivity index (χ3v) is 3.77. The van der Waals surface area contributed by atoms with Crippen molar-refractivity contribution >= 4 is 0 Å². The summed E-state index contributed by atoms with van der Waals surface area (Å²) in [4.78, 5) is 2.38. The van der Waals surface area contributed by atoms with E-state index in [0.717, 1.165) is 51.2 Å². The van der Waals surface area contributed by atoms with E-state index in [1.165, 1.54) is 0 Å². The van der Waals surface area contributed by atoms with Crippen LogP contribution in [0, 0.1) is 0 Å². The van der Waals surface area contributed by atoms with Crippen LogP contribution in [0.3, 0.4) is 0 Å². The molecule has 1 aliphatic rings. The van der Waals surface area contributed by atoms with Crippen LogP contribution in [0.4, 0.5) is 0 Å². The zero-order valence-electron chi connectivity index (χ0n) is 12.0. The molecule has 1 aliphatic heterocycles. The number of hydrogen-bond acceptors (Lipinski definition) is 4. The van der Waals surface area contributed by atoms with Gasteiger partial charge in [0.25, 0.3) is 0 Å². The number of aromatic nitrogens is 2. The predicted molar refractivity (Wildman–Crippen MR) is 74.0 cm³/mol. The maximum absolute atomic E-state index is 10.3. The second-order valence-electron chi connectivity index (χ2n) is 5.26. The molecule has 2 unspecified atom stereocenters. The molecule has 1 fully saturated rings. The van der Waals surface area contributed by atoms with E-state index in [2.05, 4.69) is 16.9 Å². The predicted octanol–water partition coefficient (Wildman–Crippen LogP) is 0.824. The van der Waals surface area contributed by atoms with Crippen molar-refractivity contribution in [2.24, 2.45) is 7.05 Å². The topological polar surface area (TPSA) is 50.5 Å². The molecular formula is C14H25N3O2. The zero-order chi connectivity index (χ0) is 13.7. The summed E-state index contributed by atoms with van der Waals surface area (Å²) in [5.74, 6) is 0. The van der Waals surface area contributed by atoms with E-state index < -0.39 is 6.10 Å². The third kappa shape index (κ3) is 4.03. The molecule has 2 rings (SSSR count). The number of morpholine rings is 1. The van der Waals surface area contributed by atoms with Crippen LogP contribution in [0.1, 0.15) is 25.5 Å². The van der Waals surface area contributed by atoms with E-state index >= 15 is 0 Å². The molecule has 1 saturated heterocycles. The lowest BCUT2D eigenvalue weighted by molar-refractivity contribution is -0.0901. The molecule has 108 valence electrons. The summed E-state index contributed by atoms with van der Waals surface area (Å²) in [5.41, 5.74) is 1.15. The van der Waals surface area contributed by atoms with Crippen LogP contribution in [-0.4, -0.2) is 58.2 Å². The molecule has 19 heavy (non-hydrogen) atoms. The van der Waals surface area contributed by atoms with Crippen molar-refractivity contribution < 1.29 is 9.84 Å². The molecule has 5 nitrogen and oxygen atoms in total. The summed E-state index contributed by atoms with van der Waals surface area (Å²) in [6.45, 7) is 5.84. The molecule has 0 aliphatic carbocycles. The Bertz CT molecular complexity index is 379. The van der Waals surface area contributed by atoms with Gasteiger partial charge in [-0.2, -0.15) is 5.10 Å². The quantitative estimate of drug-likeness (QED) is 0.829. The molecule has 0 aromatic carbocycles. The zero-order valence-corrected chi connectivity index (χ0v) is 12.0. The molecule has 0 bridgehead atoms. The molecular weight excluding hydrogens is 242 g/mol. The molecule has 0 spiro atoms. The Balaban J connectivity index is 1.79. The van der Waals surface area contributed by atoms with Crippen molar-refractivity contribution in [2.45, 2.75) is 38.4 Å². The first-order valence-electron chi connectivity index (χ1n) is 7.19. The van der Waals surface area contributed by atoms with Crippen LogP contribution in [0.15, 0.2) is 12.3 Å². The average molecular weight is 267 g/mol. The van der Waals surface area contributed by atoms with Crippen molar-refractivity contribution in [3.63, 3.8) is 0 Å². The second-order valence-corrected chi connectivity index (χ2v) is 5.26. The van der Waals surface area contributed by atoms with Gasteiger partial charge in [0.05, 0.1) is 18.8 Å². The Morgan fingerprint density at radius 3 is 3.11 bits per heavy atom. The van der Waals surface area contributed by atoms with Crippen LogP contribution in [-0.2, 0) is 18.2 Å². The van der Waals surface area contributed by atoms with Gasteiger partial charge >= 0.3 is 0 Å². The van der Waals surface area contributed by atoms with Crippen LogP contribution in [0.5, 0.6) is 0 Å². The SMILES string of the molecule is CCCN1CCOC(C(O)CCc2ccnn2C)C1. The van der Waals surface area contributed by atoms with Gasteiger partial charge in [0.15, 0.2) is 0 Å². The molecule has 2 heterocycles. The van der Waals surface area contributed by atoms with Gasteiger partial charge in [-0.25, -0.2) is 0 Å². The monoisotopic (exact) mass is 267 g/mol. The van der Waals surface area contributed by atoms with Gasteiger partial charge in [0.2, 0.25) is 0 Å². The first-order valence-corrected chi connectivity index (χ1v) is 7.19. The minimum Gasteiger partial charge on any atom is -0.390 e. The number of ether oxygens (including phenoxy) is 1. The van der Waals surface area contributed by atoms with Crippen molar-refractivity contribution in [3.8, 4) is 0 Å². The minimum atomic E-state index is -0.394. The van der Waals surface area contributed by atoms with Crippen molar-refractivity contribution in [1.29, 1.82) is 0 Å². The number of rotatable bonds is 6. The Hall–Kier alpha value is -0.910. The maximum atomic E-state index is 10.3. The number of hydrogen-bond donors (Lipinski definition) is 1. The van der Waals surface area contributed by atoms with Gasteiger partial charge in [0, 0.05) is 32.0 Å². The lowest BCUT2D eigenvalue weighted by Crippen LogP contribution is -2.47. The molecule has 0 radical (unpaired) electrons. The molecule has 2 atom stereocenters. The van der Waals surface area contributed by atoms with E-state index in [4.69, 9.17) is 4.74 Å². The third-order valence-electron chi connectivity index (χ3n) is 3.77. The van der Waals surface area contributed by atoms with Crippen LogP contribution < -0.4 is 0 Å². The standard InChI is InChI=1S/C14H25N3O2/c1-3-8-17-9-10-19-14(11-17)13(18)5-4-12-6-7-15-16(12)2/h6-7,13-14,18H,3-5,8-11H2,1-2H3. The van der Waals surface area contributed by atoms with Crippen molar-refractivity contribution in [1.82, 2.24) is 14.7 Å². The van der Waals surface area contributed by atoms with E-state index in [1.807, 2.05) is 17.8 Å². The largest absolute Gasteiger partial charge is 0.390 e. The summed E-state index contributed by atoms with van der Waals surface area (Å²) < 4.78 is 7.56. The average Bonchev–Trinajstić information content (AvgIpc) is 2.82. The Morgan fingerprint density at radius 1 is 1.58 bits per heavy atom. The highest BCUT2D eigenvalue weighted by Gasteiger charge is 2.26. The van der Waals surface area contributed by atoms with Crippen LogP contribution >= 0.6 is 0 Å². The summed E-state index contributed by atoms with van der Waals surface area (Å²) in [6.07, 6.45) is 4.07. The van der Waals surface area contributed by atoms with Gasteiger partial charge in [-0.3, -0.25) is 9.58 Å². The molecule has 1 aromatic heterocycles. The Morgan fingerprint density at radius 2 is 2.42 bits per heavy atom. The first kappa shape index (κ1) is 14.5. The molecule has 0 amide bonds. The maximum Gasteiger partial charge on any atom is 0.0961 e. The molecule has 1 N–H and O–H groups in total. The summed E-state index contributed by atoms with van der Waals surface area (Å²) >= 11 is 0. The lowest BCUT2D eigenvalue weighted by Gasteiger charge is -2.35. The highest BCUT2D eigenvalue weighted by molar-refractivity contribution is 5.00. The van der Waals surface area contributed by atoms with Gasteiger partial charge < -0.3 is 9.84 Å². The summed E-state index contributed by atoms with van der Waals surface area (Å²) in [6, 6.07) is 2.00. The highest BCUT2D eigenvalue weighted by Crippen LogP contribution is 2.14. The minimum absolute atomic E-state index is 0.0477. The van der Waals surface area contributed by atoms with Gasteiger partial charge in [-0.1, -0.05) is 6.92 Å². The van der Waals surface area contributed by atoms with Crippen LogP contribution in [0.25, 0.3) is 0 Å². The van der Waals surface area contributed by atoms with E-state index in [-0.39, 0.29) is 6.10 Å². The fourth-order valence-electron chi connectivity index (χ4n) is 2.61. The number of aliphatic hydroxyl groups excluding tert-OH is 1. The highest BCUT2D eigenvalue weighted by atomic mass is 16.5. The smallest absolute Gasteiger partial charge is 0.0961 e. The normalized spacial score (nSPS) is 22.6. The van der Waals surface area contributed by atoms with Gasteiger partial charge in [-0.15, -0.1) is 0 Å². The molecule has 1 aromatic rings. The fraction of sp³-hybridized carbons (Fsp3) is 0.786. The first-order chi connectivity index (χ1) is 9.20. The fourth-order valence-corrected chi connectivity index (χ4v) is 2.61. The number of aliphatic hydroxyl groups is 1. The molecule has 5 heteroatoms. The Kier molecular flexibility index (Phi) is 5.36. The van der Waals surface area contributed by atoms with Crippen LogP contribution in [0.2, 0.25) is 0 Å². The lowest BCUT2D eigenvalue weighted by atomic mass is 10.1. The van der Waals surface area contributed by atoms with Gasteiger partial charge in [0.1, 0.15) is 0 Å². The Labute approximate surface area is 115 Å². The number of nitrogens with zero attached hydrogens (tertiary/aromatic N) is 3. The summed E-state index contributed by atoms with van der Waals surface area (Å²) in [7, 11) is 1.93.